The number of carbonyl (C=O) groups is 1. The molecule has 7 heteroatoms. The summed E-state index contributed by atoms with van der Waals surface area (Å²) in [5.74, 6) is -0.166. The summed E-state index contributed by atoms with van der Waals surface area (Å²) < 4.78 is 7.71. The third-order valence-corrected chi connectivity index (χ3v) is 5.12. The monoisotopic (exact) mass is 376 g/mol. The molecule has 1 aliphatic rings. The van der Waals surface area contributed by atoms with E-state index in [1.165, 1.54) is 11.3 Å². The van der Waals surface area contributed by atoms with Crippen molar-refractivity contribution in [2.24, 2.45) is 0 Å². The number of aryl methyl sites for hydroxylation is 2. The van der Waals surface area contributed by atoms with Crippen LogP contribution in [0.1, 0.15) is 23.9 Å². The van der Waals surface area contributed by atoms with E-state index >= 15 is 0 Å². The van der Waals surface area contributed by atoms with Gasteiger partial charge in [-0.3, -0.25) is 14.4 Å². The predicted octanol–water partition coefficient (Wildman–Crippen LogP) is 3.01. The van der Waals surface area contributed by atoms with Crippen molar-refractivity contribution in [2.75, 3.05) is 25.0 Å². The second kappa shape index (κ2) is 8.20. The Morgan fingerprint density at radius 3 is 2.85 bits per heavy atom. The molecule has 140 valence electrons. The number of morpholine rings is 1. The van der Waals surface area contributed by atoms with Crippen LogP contribution in [0.15, 0.2) is 24.3 Å². The molecule has 1 fully saturated rings. The third kappa shape index (κ3) is 4.09. The van der Waals surface area contributed by atoms with Gasteiger partial charge < -0.3 is 10.1 Å². The lowest BCUT2D eigenvalue weighted by atomic mass is 10.1. The van der Waals surface area contributed by atoms with Gasteiger partial charge in [-0.15, -0.1) is 0 Å². The molecule has 6 nitrogen and oxygen atoms in total. The van der Waals surface area contributed by atoms with Crippen molar-refractivity contribution in [3.63, 3.8) is 0 Å². The SMILES string of the molecule is CCn1nc(C)c(CN2CCO[C@@H](C(=O)Nc3ccccc3Cl)C2)c1C. The highest BCUT2D eigenvalue weighted by atomic mass is 35.5. The number of anilines is 1. The molecule has 3 rings (SSSR count). The molecule has 0 spiro atoms. The Kier molecular flexibility index (Phi) is 5.96. The smallest absolute Gasteiger partial charge is 0.254 e. The van der Waals surface area contributed by atoms with Gasteiger partial charge in [0, 0.05) is 37.4 Å². The normalized spacial score (nSPS) is 18.1. The van der Waals surface area contributed by atoms with Gasteiger partial charge in [-0.2, -0.15) is 5.10 Å². The number of rotatable bonds is 5. The predicted molar refractivity (Wildman–Crippen MR) is 102 cm³/mol. The van der Waals surface area contributed by atoms with Crippen LogP contribution in [0.25, 0.3) is 0 Å². The summed E-state index contributed by atoms with van der Waals surface area (Å²) in [6, 6.07) is 7.21. The van der Waals surface area contributed by atoms with Crippen LogP contribution in [0.2, 0.25) is 5.02 Å². The van der Waals surface area contributed by atoms with E-state index in [-0.39, 0.29) is 5.91 Å². The highest BCUT2D eigenvalue weighted by Gasteiger charge is 2.28. The van der Waals surface area contributed by atoms with Crippen molar-refractivity contribution in [2.45, 2.75) is 40.0 Å². The van der Waals surface area contributed by atoms with E-state index in [9.17, 15) is 4.79 Å². The number of nitrogens with one attached hydrogen (secondary N) is 1. The van der Waals surface area contributed by atoms with E-state index in [0.29, 0.717) is 23.9 Å². The van der Waals surface area contributed by atoms with Crippen LogP contribution < -0.4 is 5.32 Å². The number of ether oxygens (including phenoxy) is 1. The Labute approximate surface area is 159 Å². The number of aromatic nitrogens is 2. The molecule has 0 bridgehead atoms. The van der Waals surface area contributed by atoms with Gasteiger partial charge in [0.05, 0.1) is 23.0 Å². The maximum Gasteiger partial charge on any atom is 0.254 e. The summed E-state index contributed by atoms with van der Waals surface area (Å²) in [5.41, 5.74) is 4.08. The molecule has 1 atom stereocenters. The summed E-state index contributed by atoms with van der Waals surface area (Å²) in [6.45, 7) is 9.74. The Morgan fingerprint density at radius 2 is 2.15 bits per heavy atom. The van der Waals surface area contributed by atoms with Gasteiger partial charge in [0.15, 0.2) is 0 Å². The molecule has 1 aromatic carbocycles. The van der Waals surface area contributed by atoms with Gasteiger partial charge in [0.2, 0.25) is 0 Å². The molecule has 1 aromatic heterocycles. The molecular formula is C19H25ClN4O2. The van der Waals surface area contributed by atoms with Gasteiger partial charge in [-0.25, -0.2) is 0 Å². The van der Waals surface area contributed by atoms with E-state index in [1.54, 1.807) is 12.1 Å². The Hall–Kier alpha value is -1.89. The van der Waals surface area contributed by atoms with Crippen LogP contribution in [-0.4, -0.2) is 46.4 Å². The van der Waals surface area contributed by atoms with E-state index < -0.39 is 6.10 Å². The fraction of sp³-hybridized carbons (Fsp3) is 0.474. The zero-order chi connectivity index (χ0) is 18.7. The Balaban J connectivity index is 1.65. The fourth-order valence-electron chi connectivity index (χ4n) is 3.27. The fourth-order valence-corrected chi connectivity index (χ4v) is 3.46. The van der Waals surface area contributed by atoms with Gasteiger partial charge >= 0.3 is 0 Å². The van der Waals surface area contributed by atoms with Crippen molar-refractivity contribution in [3.05, 3.63) is 46.2 Å². The summed E-state index contributed by atoms with van der Waals surface area (Å²) in [6.07, 6.45) is -0.512. The van der Waals surface area contributed by atoms with Crippen LogP contribution in [0.5, 0.6) is 0 Å². The van der Waals surface area contributed by atoms with E-state index in [2.05, 4.69) is 29.2 Å². The average molecular weight is 377 g/mol. The molecule has 1 saturated heterocycles. The van der Waals surface area contributed by atoms with Crippen molar-refractivity contribution >= 4 is 23.2 Å². The van der Waals surface area contributed by atoms with Crippen LogP contribution in [0, 0.1) is 13.8 Å². The third-order valence-electron chi connectivity index (χ3n) is 4.79. The standard InChI is InChI=1S/C19H25ClN4O2/c1-4-24-14(3)15(13(2)22-24)11-23-9-10-26-18(12-23)19(25)21-17-8-6-5-7-16(17)20/h5-8,18H,4,9-12H2,1-3H3,(H,21,25)/t18-/m1/s1. The zero-order valence-electron chi connectivity index (χ0n) is 15.5. The van der Waals surface area contributed by atoms with Crippen LogP contribution >= 0.6 is 11.6 Å². The van der Waals surface area contributed by atoms with Crippen molar-refractivity contribution in [1.82, 2.24) is 14.7 Å². The van der Waals surface area contributed by atoms with Gasteiger partial charge in [-0.05, 0) is 32.9 Å². The van der Waals surface area contributed by atoms with Crippen molar-refractivity contribution in [1.29, 1.82) is 0 Å². The van der Waals surface area contributed by atoms with Gasteiger partial charge in [0.25, 0.3) is 5.91 Å². The molecular weight excluding hydrogens is 352 g/mol. The molecule has 26 heavy (non-hydrogen) atoms. The first-order valence-corrected chi connectivity index (χ1v) is 9.29. The molecule has 0 aliphatic carbocycles. The number of para-hydroxylation sites is 1. The molecule has 1 aliphatic heterocycles. The van der Waals surface area contributed by atoms with Crippen LogP contribution in [-0.2, 0) is 22.6 Å². The number of benzene rings is 1. The highest BCUT2D eigenvalue weighted by Crippen LogP contribution is 2.22. The maximum absolute atomic E-state index is 12.6. The summed E-state index contributed by atoms with van der Waals surface area (Å²) >= 11 is 6.12. The second-order valence-corrected chi connectivity index (χ2v) is 6.94. The minimum absolute atomic E-state index is 0.166. The van der Waals surface area contributed by atoms with Crippen molar-refractivity contribution < 1.29 is 9.53 Å². The first-order valence-electron chi connectivity index (χ1n) is 8.91. The molecule has 0 saturated carbocycles. The molecule has 2 aromatic rings. The molecule has 1 N–H and O–H groups in total. The quantitative estimate of drug-likeness (QED) is 0.871. The van der Waals surface area contributed by atoms with Gasteiger partial charge in [0.1, 0.15) is 6.10 Å². The minimum atomic E-state index is -0.512. The largest absolute Gasteiger partial charge is 0.366 e. The lowest BCUT2D eigenvalue weighted by Crippen LogP contribution is -2.47. The second-order valence-electron chi connectivity index (χ2n) is 6.53. The lowest BCUT2D eigenvalue weighted by Gasteiger charge is -2.32. The molecule has 2 heterocycles. The lowest BCUT2D eigenvalue weighted by molar-refractivity contribution is -0.133. The van der Waals surface area contributed by atoms with Crippen molar-refractivity contribution in [3.8, 4) is 0 Å². The summed E-state index contributed by atoms with van der Waals surface area (Å²) in [7, 11) is 0. The maximum atomic E-state index is 12.6. The topological polar surface area (TPSA) is 59.4 Å². The van der Waals surface area contributed by atoms with E-state index in [1.807, 2.05) is 23.7 Å². The van der Waals surface area contributed by atoms with Gasteiger partial charge in [-0.1, -0.05) is 23.7 Å². The number of hydrogen-bond acceptors (Lipinski definition) is 4. The number of amides is 1. The first kappa shape index (κ1) is 18.9. The number of halogens is 1. The van der Waals surface area contributed by atoms with E-state index in [0.717, 1.165) is 25.3 Å². The zero-order valence-corrected chi connectivity index (χ0v) is 16.2. The molecule has 0 unspecified atom stereocenters. The molecule has 0 radical (unpaired) electrons. The first-order chi connectivity index (χ1) is 12.5. The highest BCUT2D eigenvalue weighted by molar-refractivity contribution is 6.33. The minimum Gasteiger partial charge on any atom is -0.366 e. The Morgan fingerprint density at radius 1 is 1.38 bits per heavy atom. The van der Waals surface area contributed by atoms with Crippen LogP contribution in [0.3, 0.4) is 0 Å². The number of carbonyl (C=O) groups excluding carboxylic acids is 1. The Bertz CT molecular complexity index is 790. The van der Waals surface area contributed by atoms with Crippen LogP contribution in [0.4, 0.5) is 5.69 Å². The average Bonchev–Trinajstić information content (AvgIpc) is 2.91. The molecule has 1 amide bonds. The number of hydrogen-bond donors (Lipinski definition) is 1. The summed E-state index contributed by atoms with van der Waals surface area (Å²) in [4.78, 5) is 14.8. The number of nitrogens with zero attached hydrogens (tertiary/aromatic N) is 3. The van der Waals surface area contributed by atoms with E-state index in [4.69, 9.17) is 16.3 Å². The summed E-state index contributed by atoms with van der Waals surface area (Å²) in [5, 5.41) is 7.96.